The van der Waals surface area contributed by atoms with Gasteiger partial charge in [0.05, 0.1) is 0 Å². The zero-order valence-electron chi connectivity index (χ0n) is 8.51. The van der Waals surface area contributed by atoms with Crippen LogP contribution in [-0.4, -0.2) is 23.5 Å². The van der Waals surface area contributed by atoms with E-state index in [1.54, 1.807) is 0 Å². The number of nitrogens with one attached hydrogen (secondary N) is 1. The van der Waals surface area contributed by atoms with Crippen LogP contribution in [0, 0.1) is 5.92 Å². The smallest absolute Gasteiger partial charge is 0.223 e. The molecule has 1 unspecified atom stereocenters. The molecule has 1 aliphatic rings. The fourth-order valence-electron chi connectivity index (χ4n) is 1.37. The standard InChI is InChI=1S/C10H19NOS/c1-3-8(2)10(12)11-9-4-6-13-7-5-9/h8-9H,3-7H2,1-2H3,(H,11,12). The molecule has 1 heterocycles. The number of hydrogen-bond donors (Lipinski definition) is 1. The van der Waals surface area contributed by atoms with Crippen LogP contribution in [0.25, 0.3) is 0 Å². The summed E-state index contributed by atoms with van der Waals surface area (Å²) in [6.07, 6.45) is 3.23. The van der Waals surface area contributed by atoms with Crippen LogP contribution in [-0.2, 0) is 4.79 Å². The van der Waals surface area contributed by atoms with Gasteiger partial charge in [-0.05, 0) is 30.8 Å². The van der Waals surface area contributed by atoms with Crippen LogP contribution in [0.1, 0.15) is 33.1 Å². The van der Waals surface area contributed by atoms with Crippen molar-refractivity contribution in [2.75, 3.05) is 11.5 Å². The molecule has 1 amide bonds. The summed E-state index contributed by atoms with van der Waals surface area (Å²) < 4.78 is 0. The summed E-state index contributed by atoms with van der Waals surface area (Å²) in [6.45, 7) is 4.05. The van der Waals surface area contributed by atoms with E-state index in [0.717, 1.165) is 19.3 Å². The first-order valence-electron chi connectivity index (χ1n) is 5.12. The molecule has 0 aromatic carbocycles. The number of carbonyl (C=O) groups is 1. The maximum Gasteiger partial charge on any atom is 0.223 e. The van der Waals surface area contributed by atoms with Gasteiger partial charge in [0.2, 0.25) is 5.91 Å². The van der Waals surface area contributed by atoms with E-state index in [-0.39, 0.29) is 11.8 Å². The van der Waals surface area contributed by atoms with Crippen molar-refractivity contribution < 1.29 is 4.79 Å². The third kappa shape index (κ3) is 3.59. The van der Waals surface area contributed by atoms with Gasteiger partial charge in [-0.15, -0.1) is 0 Å². The van der Waals surface area contributed by atoms with Crippen LogP contribution in [0.4, 0.5) is 0 Å². The molecular weight excluding hydrogens is 182 g/mol. The van der Waals surface area contributed by atoms with Gasteiger partial charge in [-0.3, -0.25) is 4.79 Å². The van der Waals surface area contributed by atoms with Crippen LogP contribution in [0.5, 0.6) is 0 Å². The van der Waals surface area contributed by atoms with Crippen molar-refractivity contribution >= 4 is 17.7 Å². The molecule has 1 aliphatic heterocycles. The molecule has 0 saturated carbocycles. The highest BCUT2D eigenvalue weighted by molar-refractivity contribution is 7.99. The second-order valence-electron chi connectivity index (χ2n) is 3.70. The van der Waals surface area contributed by atoms with E-state index in [1.165, 1.54) is 11.5 Å². The molecule has 1 rings (SSSR count). The third-order valence-corrected chi connectivity index (χ3v) is 3.68. The normalized spacial score (nSPS) is 21.1. The summed E-state index contributed by atoms with van der Waals surface area (Å²) >= 11 is 1.99. The fourth-order valence-corrected chi connectivity index (χ4v) is 2.48. The zero-order chi connectivity index (χ0) is 9.68. The molecule has 0 spiro atoms. The highest BCUT2D eigenvalue weighted by Gasteiger charge is 2.18. The molecule has 0 aromatic rings. The SMILES string of the molecule is CCC(C)C(=O)NC1CCSCC1. The van der Waals surface area contributed by atoms with Crippen molar-refractivity contribution in [3.05, 3.63) is 0 Å². The Kier molecular flexibility index (Phi) is 4.64. The average Bonchev–Trinajstić information content (AvgIpc) is 2.18. The third-order valence-electron chi connectivity index (χ3n) is 2.63. The lowest BCUT2D eigenvalue weighted by Crippen LogP contribution is -2.40. The Hall–Kier alpha value is -0.180. The van der Waals surface area contributed by atoms with E-state index >= 15 is 0 Å². The van der Waals surface area contributed by atoms with Crippen molar-refractivity contribution in [2.24, 2.45) is 5.92 Å². The van der Waals surface area contributed by atoms with E-state index in [9.17, 15) is 4.79 Å². The van der Waals surface area contributed by atoms with Gasteiger partial charge in [-0.25, -0.2) is 0 Å². The maximum atomic E-state index is 11.5. The Bertz CT molecular complexity index is 166. The predicted octanol–water partition coefficient (Wildman–Crippen LogP) is 2.04. The topological polar surface area (TPSA) is 29.1 Å². The van der Waals surface area contributed by atoms with Gasteiger partial charge in [0.1, 0.15) is 0 Å². The van der Waals surface area contributed by atoms with Crippen molar-refractivity contribution in [1.82, 2.24) is 5.32 Å². The van der Waals surface area contributed by atoms with Crippen molar-refractivity contribution in [3.63, 3.8) is 0 Å². The second-order valence-corrected chi connectivity index (χ2v) is 4.93. The van der Waals surface area contributed by atoms with Crippen LogP contribution in [0.3, 0.4) is 0 Å². The van der Waals surface area contributed by atoms with Gasteiger partial charge in [-0.1, -0.05) is 13.8 Å². The highest BCUT2D eigenvalue weighted by Crippen LogP contribution is 2.17. The molecule has 2 nitrogen and oxygen atoms in total. The highest BCUT2D eigenvalue weighted by atomic mass is 32.2. The molecule has 1 atom stereocenters. The van der Waals surface area contributed by atoms with Crippen molar-refractivity contribution in [3.8, 4) is 0 Å². The first kappa shape index (κ1) is 10.9. The number of hydrogen-bond acceptors (Lipinski definition) is 2. The monoisotopic (exact) mass is 201 g/mol. The quantitative estimate of drug-likeness (QED) is 0.757. The molecule has 13 heavy (non-hydrogen) atoms. The molecule has 0 bridgehead atoms. The summed E-state index contributed by atoms with van der Waals surface area (Å²) in [4.78, 5) is 11.5. The molecule has 1 saturated heterocycles. The molecule has 76 valence electrons. The van der Waals surface area contributed by atoms with Crippen molar-refractivity contribution in [2.45, 2.75) is 39.2 Å². The van der Waals surface area contributed by atoms with Crippen LogP contribution >= 0.6 is 11.8 Å². The Balaban J connectivity index is 2.26. The number of carbonyl (C=O) groups excluding carboxylic acids is 1. The lowest BCUT2D eigenvalue weighted by molar-refractivity contribution is -0.125. The predicted molar refractivity (Wildman–Crippen MR) is 57.9 cm³/mol. The summed E-state index contributed by atoms with van der Waals surface area (Å²) in [6, 6.07) is 0.447. The molecule has 1 fully saturated rings. The maximum absolute atomic E-state index is 11.5. The fraction of sp³-hybridized carbons (Fsp3) is 0.900. The lowest BCUT2D eigenvalue weighted by Gasteiger charge is -2.23. The molecular formula is C10H19NOS. The average molecular weight is 201 g/mol. The first-order valence-corrected chi connectivity index (χ1v) is 6.27. The number of thioether (sulfide) groups is 1. The molecule has 0 radical (unpaired) electrons. The molecule has 0 aliphatic carbocycles. The van der Waals surface area contributed by atoms with Crippen LogP contribution in [0.2, 0.25) is 0 Å². The van der Waals surface area contributed by atoms with Gasteiger partial charge in [0.25, 0.3) is 0 Å². The van der Waals surface area contributed by atoms with E-state index in [1.807, 2.05) is 18.7 Å². The van der Waals surface area contributed by atoms with Gasteiger partial charge >= 0.3 is 0 Å². The Morgan fingerprint density at radius 3 is 2.69 bits per heavy atom. The van der Waals surface area contributed by atoms with Gasteiger partial charge < -0.3 is 5.32 Å². The van der Waals surface area contributed by atoms with E-state index in [0.29, 0.717) is 6.04 Å². The zero-order valence-corrected chi connectivity index (χ0v) is 9.32. The summed E-state index contributed by atoms with van der Waals surface area (Å²) in [5, 5.41) is 3.12. The largest absolute Gasteiger partial charge is 0.353 e. The molecule has 3 heteroatoms. The Morgan fingerprint density at radius 1 is 1.54 bits per heavy atom. The Morgan fingerprint density at radius 2 is 2.15 bits per heavy atom. The Labute approximate surface area is 84.9 Å². The van der Waals surface area contributed by atoms with Gasteiger partial charge in [-0.2, -0.15) is 11.8 Å². The number of rotatable bonds is 3. The molecule has 1 N–H and O–H groups in total. The minimum absolute atomic E-state index is 0.176. The van der Waals surface area contributed by atoms with Crippen molar-refractivity contribution in [1.29, 1.82) is 0 Å². The summed E-state index contributed by atoms with van der Waals surface area (Å²) in [7, 11) is 0. The first-order chi connectivity index (χ1) is 6.24. The molecule has 0 aromatic heterocycles. The van der Waals surface area contributed by atoms with Crippen LogP contribution in [0.15, 0.2) is 0 Å². The van der Waals surface area contributed by atoms with E-state index < -0.39 is 0 Å². The second kappa shape index (κ2) is 5.53. The minimum Gasteiger partial charge on any atom is -0.353 e. The minimum atomic E-state index is 0.176. The van der Waals surface area contributed by atoms with E-state index in [4.69, 9.17) is 0 Å². The summed E-state index contributed by atoms with van der Waals surface area (Å²) in [5.74, 6) is 2.81. The number of amides is 1. The summed E-state index contributed by atoms with van der Waals surface area (Å²) in [5.41, 5.74) is 0. The van der Waals surface area contributed by atoms with E-state index in [2.05, 4.69) is 12.2 Å². The lowest BCUT2D eigenvalue weighted by atomic mass is 10.1. The van der Waals surface area contributed by atoms with Crippen LogP contribution < -0.4 is 5.32 Å². The van der Waals surface area contributed by atoms with Gasteiger partial charge in [0, 0.05) is 12.0 Å². The van der Waals surface area contributed by atoms with Gasteiger partial charge in [0.15, 0.2) is 0 Å².